The number of para-hydroxylation sites is 2. The smallest absolute Gasteiger partial charge is 0.0992 e. The molecule has 0 radical (unpaired) electrons. The first-order valence-electron chi connectivity index (χ1n) is 7.04. The lowest BCUT2D eigenvalue weighted by Gasteiger charge is -2.25. The van der Waals surface area contributed by atoms with Crippen LogP contribution >= 0.6 is 11.6 Å². The van der Waals surface area contributed by atoms with Crippen LogP contribution in [0.25, 0.3) is 0 Å². The van der Waals surface area contributed by atoms with Crippen LogP contribution in [-0.2, 0) is 6.54 Å². The van der Waals surface area contributed by atoms with Crippen LogP contribution in [-0.4, -0.2) is 13.1 Å². The van der Waals surface area contributed by atoms with Gasteiger partial charge in [-0.2, -0.15) is 5.26 Å². The molecule has 1 heterocycles. The van der Waals surface area contributed by atoms with Crippen molar-refractivity contribution in [2.24, 2.45) is 0 Å². The normalized spacial score (nSPS) is 13.8. The largest absolute Gasteiger partial charge is 0.383 e. The van der Waals surface area contributed by atoms with E-state index in [0.717, 1.165) is 31.6 Å². The summed E-state index contributed by atoms with van der Waals surface area (Å²) >= 11 is 6.30. The van der Waals surface area contributed by atoms with Gasteiger partial charge < -0.3 is 10.2 Å². The zero-order valence-corrected chi connectivity index (χ0v) is 12.4. The Morgan fingerprint density at radius 3 is 2.90 bits per heavy atom. The van der Waals surface area contributed by atoms with Gasteiger partial charge >= 0.3 is 0 Å². The molecule has 2 aromatic carbocycles. The van der Waals surface area contributed by atoms with E-state index in [-0.39, 0.29) is 0 Å². The molecule has 106 valence electrons. The molecular formula is C17H16ClN3. The third kappa shape index (κ3) is 2.96. The van der Waals surface area contributed by atoms with Gasteiger partial charge in [-0.15, -0.1) is 0 Å². The summed E-state index contributed by atoms with van der Waals surface area (Å²) in [4.78, 5) is 2.34. The van der Waals surface area contributed by atoms with Crippen molar-refractivity contribution in [3.8, 4) is 6.07 Å². The number of anilines is 2. The fourth-order valence-electron chi connectivity index (χ4n) is 2.63. The second-order valence-electron chi connectivity index (χ2n) is 5.14. The number of fused-ring (bicyclic) bond motifs is 1. The number of halogens is 1. The highest BCUT2D eigenvalue weighted by atomic mass is 35.5. The zero-order chi connectivity index (χ0) is 14.7. The summed E-state index contributed by atoms with van der Waals surface area (Å²) in [5, 5.41) is 13.0. The van der Waals surface area contributed by atoms with E-state index in [1.165, 1.54) is 11.4 Å². The maximum absolute atomic E-state index is 8.91. The first-order valence-corrected chi connectivity index (χ1v) is 7.42. The van der Waals surface area contributed by atoms with Crippen molar-refractivity contribution in [2.45, 2.75) is 13.0 Å². The summed E-state index contributed by atoms with van der Waals surface area (Å²) in [5.41, 5.74) is 4.02. The monoisotopic (exact) mass is 297 g/mol. The number of hydrogen-bond donors (Lipinski definition) is 1. The molecular weight excluding hydrogens is 282 g/mol. The molecule has 2 aromatic rings. The van der Waals surface area contributed by atoms with Gasteiger partial charge in [-0.1, -0.05) is 29.8 Å². The number of nitriles is 1. The molecule has 0 aromatic heterocycles. The minimum absolute atomic E-state index is 0.599. The van der Waals surface area contributed by atoms with E-state index >= 15 is 0 Å². The second-order valence-corrected chi connectivity index (χ2v) is 5.54. The Morgan fingerprint density at radius 2 is 2.10 bits per heavy atom. The Kier molecular flexibility index (Phi) is 3.98. The Labute approximate surface area is 129 Å². The molecule has 0 atom stereocenters. The van der Waals surface area contributed by atoms with E-state index in [9.17, 15) is 0 Å². The molecule has 3 rings (SSSR count). The summed E-state index contributed by atoms with van der Waals surface area (Å²) in [6, 6.07) is 16.0. The summed E-state index contributed by atoms with van der Waals surface area (Å²) in [5.74, 6) is 0. The molecule has 1 N–H and O–H groups in total. The molecule has 0 unspecified atom stereocenters. The highest BCUT2D eigenvalue weighted by molar-refractivity contribution is 6.31. The molecule has 4 heteroatoms. The lowest BCUT2D eigenvalue weighted by atomic mass is 10.1. The Balaban J connectivity index is 1.90. The fourth-order valence-corrected chi connectivity index (χ4v) is 2.87. The zero-order valence-electron chi connectivity index (χ0n) is 11.6. The van der Waals surface area contributed by atoms with E-state index in [1.54, 1.807) is 6.07 Å². The SMILES string of the molecule is N#Cc1ccc(CN2CCCNc3ccccc32)c(Cl)c1. The van der Waals surface area contributed by atoms with E-state index in [1.807, 2.05) is 18.2 Å². The van der Waals surface area contributed by atoms with Gasteiger partial charge in [0.05, 0.1) is 23.0 Å². The van der Waals surface area contributed by atoms with Gasteiger partial charge in [0.2, 0.25) is 0 Å². The van der Waals surface area contributed by atoms with E-state index in [4.69, 9.17) is 16.9 Å². The van der Waals surface area contributed by atoms with Gasteiger partial charge in [0.25, 0.3) is 0 Å². The summed E-state index contributed by atoms with van der Waals surface area (Å²) in [6.07, 6.45) is 1.09. The van der Waals surface area contributed by atoms with E-state index in [2.05, 4.69) is 34.5 Å². The van der Waals surface area contributed by atoms with Gasteiger partial charge in [0.1, 0.15) is 0 Å². The predicted molar refractivity (Wildman–Crippen MR) is 86.8 cm³/mol. The molecule has 0 aliphatic carbocycles. The Hall–Kier alpha value is -2.18. The van der Waals surface area contributed by atoms with Gasteiger partial charge in [-0.3, -0.25) is 0 Å². The lowest BCUT2D eigenvalue weighted by Crippen LogP contribution is -2.23. The standard InChI is InChI=1S/C17H16ClN3/c18-15-10-13(11-19)6-7-14(15)12-21-9-3-8-20-16-4-1-2-5-17(16)21/h1-2,4-7,10,20H,3,8-9,12H2. The number of nitrogens with one attached hydrogen (secondary N) is 1. The average molecular weight is 298 g/mol. The molecule has 3 nitrogen and oxygen atoms in total. The van der Waals surface area contributed by atoms with Crippen LogP contribution in [0.5, 0.6) is 0 Å². The molecule has 0 saturated heterocycles. The van der Waals surface area contributed by atoms with Crippen LogP contribution in [0.1, 0.15) is 17.5 Å². The average Bonchev–Trinajstić information content (AvgIpc) is 2.72. The summed E-state index contributed by atoms with van der Waals surface area (Å²) < 4.78 is 0. The number of hydrogen-bond acceptors (Lipinski definition) is 3. The van der Waals surface area contributed by atoms with Crippen LogP contribution in [0, 0.1) is 11.3 Å². The van der Waals surface area contributed by atoms with Crippen molar-refractivity contribution in [2.75, 3.05) is 23.3 Å². The Bertz CT molecular complexity index is 691. The van der Waals surface area contributed by atoms with Crippen molar-refractivity contribution in [3.05, 3.63) is 58.6 Å². The third-order valence-electron chi connectivity index (χ3n) is 3.71. The molecule has 0 fully saturated rings. The van der Waals surface area contributed by atoms with Gasteiger partial charge in [-0.05, 0) is 36.2 Å². The van der Waals surface area contributed by atoms with E-state index < -0.39 is 0 Å². The van der Waals surface area contributed by atoms with Crippen molar-refractivity contribution in [1.29, 1.82) is 5.26 Å². The fraction of sp³-hybridized carbons (Fsp3) is 0.235. The van der Waals surface area contributed by atoms with Crippen molar-refractivity contribution in [3.63, 3.8) is 0 Å². The van der Waals surface area contributed by atoms with Crippen LogP contribution in [0.2, 0.25) is 5.02 Å². The first-order chi connectivity index (χ1) is 10.3. The highest BCUT2D eigenvalue weighted by Crippen LogP contribution is 2.30. The van der Waals surface area contributed by atoms with Crippen molar-refractivity contribution in [1.82, 2.24) is 0 Å². The molecule has 1 aliphatic rings. The van der Waals surface area contributed by atoms with Gasteiger partial charge in [0, 0.05) is 24.7 Å². The highest BCUT2D eigenvalue weighted by Gasteiger charge is 2.15. The van der Waals surface area contributed by atoms with Crippen LogP contribution < -0.4 is 10.2 Å². The van der Waals surface area contributed by atoms with Gasteiger partial charge in [-0.25, -0.2) is 0 Å². The quantitative estimate of drug-likeness (QED) is 0.909. The number of rotatable bonds is 2. The Morgan fingerprint density at radius 1 is 1.24 bits per heavy atom. The number of benzene rings is 2. The molecule has 21 heavy (non-hydrogen) atoms. The first kappa shape index (κ1) is 13.8. The van der Waals surface area contributed by atoms with Crippen molar-refractivity contribution < 1.29 is 0 Å². The molecule has 0 saturated carbocycles. The van der Waals surface area contributed by atoms with Crippen LogP contribution in [0.4, 0.5) is 11.4 Å². The van der Waals surface area contributed by atoms with E-state index in [0.29, 0.717) is 10.6 Å². The van der Waals surface area contributed by atoms with Crippen molar-refractivity contribution >= 4 is 23.0 Å². The maximum Gasteiger partial charge on any atom is 0.0992 e. The second kappa shape index (κ2) is 6.07. The molecule has 0 spiro atoms. The van der Waals surface area contributed by atoms with Crippen LogP contribution in [0.15, 0.2) is 42.5 Å². The minimum Gasteiger partial charge on any atom is -0.383 e. The molecule has 0 bridgehead atoms. The molecule has 0 amide bonds. The lowest BCUT2D eigenvalue weighted by molar-refractivity contribution is 0.764. The third-order valence-corrected chi connectivity index (χ3v) is 4.06. The van der Waals surface area contributed by atoms with Gasteiger partial charge in [0.15, 0.2) is 0 Å². The minimum atomic E-state index is 0.599. The predicted octanol–water partition coefficient (Wildman–Crippen LogP) is 4.03. The van der Waals surface area contributed by atoms with Crippen LogP contribution in [0.3, 0.4) is 0 Å². The maximum atomic E-state index is 8.91. The number of nitrogens with zero attached hydrogens (tertiary/aromatic N) is 2. The summed E-state index contributed by atoms with van der Waals surface area (Å²) in [7, 11) is 0. The molecule has 1 aliphatic heterocycles. The summed E-state index contributed by atoms with van der Waals surface area (Å²) in [6.45, 7) is 2.72. The topological polar surface area (TPSA) is 39.1 Å².